The van der Waals surface area contributed by atoms with Gasteiger partial charge in [-0.3, -0.25) is 19.3 Å². The van der Waals surface area contributed by atoms with E-state index in [-0.39, 0.29) is 34.2 Å². The van der Waals surface area contributed by atoms with E-state index in [1.165, 1.54) is 28.8 Å². The van der Waals surface area contributed by atoms with Gasteiger partial charge in [0.1, 0.15) is 17.0 Å². The van der Waals surface area contributed by atoms with Crippen molar-refractivity contribution < 1.29 is 10.2 Å². The molecule has 0 saturated carbocycles. The highest BCUT2D eigenvalue weighted by molar-refractivity contribution is 7.71. The molecule has 0 amide bonds. The monoisotopic (exact) mass is 337 g/mol. The van der Waals surface area contributed by atoms with Gasteiger partial charge in [0.05, 0.1) is 0 Å². The Hall–Kier alpha value is -2.38. The number of halogens is 1. The van der Waals surface area contributed by atoms with Crippen molar-refractivity contribution in [2.75, 3.05) is 0 Å². The van der Waals surface area contributed by atoms with E-state index in [2.05, 4.69) is 16.6 Å². The number of H-pyrrole nitrogens is 1. The second kappa shape index (κ2) is 6.59. The van der Waals surface area contributed by atoms with Crippen LogP contribution in [0.4, 0.5) is 5.69 Å². The zero-order valence-electron chi connectivity index (χ0n) is 11.3. The molecule has 1 heterocycles. The molecular formula is C14H12ClN3O3S. The number of aliphatic imine (C=N–C) groups is 1. The largest absolute Gasteiger partial charge is 0.506 e. The Morgan fingerprint density at radius 3 is 2.86 bits per heavy atom. The van der Waals surface area contributed by atoms with Gasteiger partial charge in [-0.25, -0.2) is 0 Å². The predicted molar refractivity (Wildman–Crippen MR) is 88.1 cm³/mol. The average Bonchev–Trinajstić information content (AvgIpc) is 2.46. The minimum absolute atomic E-state index is 0.0742. The van der Waals surface area contributed by atoms with Crippen LogP contribution in [0.3, 0.4) is 0 Å². The maximum Gasteiger partial charge on any atom is 0.264 e. The zero-order valence-corrected chi connectivity index (χ0v) is 12.9. The third-order valence-electron chi connectivity index (χ3n) is 2.79. The van der Waals surface area contributed by atoms with E-state index in [0.29, 0.717) is 5.02 Å². The molecule has 0 fully saturated rings. The van der Waals surface area contributed by atoms with Crippen LogP contribution < -0.4 is 5.56 Å². The normalized spacial score (nSPS) is 11.0. The van der Waals surface area contributed by atoms with Crippen LogP contribution in [0.1, 0.15) is 5.56 Å². The fraction of sp³-hybridized carbons (Fsp3) is 0.0714. The fourth-order valence-corrected chi connectivity index (χ4v) is 2.14. The van der Waals surface area contributed by atoms with Crippen molar-refractivity contribution in [2.24, 2.45) is 4.99 Å². The SMILES string of the molecule is C=CCn1c(O)c(C=Nc2cc(Cl)ccc2O)c(=O)[nH]c1=S. The molecule has 0 aliphatic carbocycles. The zero-order chi connectivity index (χ0) is 16.3. The highest BCUT2D eigenvalue weighted by atomic mass is 35.5. The molecular weight excluding hydrogens is 326 g/mol. The number of aromatic hydroxyl groups is 2. The molecule has 2 rings (SSSR count). The number of hydrogen-bond donors (Lipinski definition) is 3. The summed E-state index contributed by atoms with van der Waals surface area (Å²) in [7, 11) is 0. The van der Waals surface area contributed by atoms with Gasteiger partial charge in [-0.15, -0.1) is 6.58 Å². The molecule has 1 aromatic carbocycles. The van der Waals surface area contributed by atoms with Crippen LogP contribution >= 0.6 is 23.8 Å². The first kappa shape index (κ1) is 16.0. The van der Waals surface area contributed by atoms with Crippen LogP contribution in [0, 0.1) is 4.77 Å². The second-order valence-corrected chi connectivity index (χ2v) is 5.11. The molecule has 0 bridgehead atoms. The number of phenols is 1. The molecule has 0 atom stereocenters. The Morgan fingerprint density at radius 2 is 2.18 bits per heavy atom. The standard InChI is InChI=1S/C14H12ClN3O3S/c1-2-5-18-13(21)9(12(20)17-14(18)22)7-16-10-6-8(15)3-4-11(10)19/h2-4,6-7,19,21H,1,5H2,(H,17,20,22). The lowest BCUT2D eigenvalue weighted by Crippen LogP contribution is -2.18. The van der Waals surface area contributed by atoms with E-state index >= 15 is 0 Å². The van der Waals surface area contributed by atoms with Crippen molar-refractivity contribution in [3.63, 3.8) is 0 Å². The van der Waals surface area contributed by atoms with Gasteiger partial charge in [0.2, 0.25) is 5.88 Å². The Bertz CT molecular complexity index is 871. The maximum atomic E-state index is 11.9. The molecule has 0 aliphatic rings. The van der Waals surface area contributed by atoms with E-state index in [1.807, 2.05) is 0 Å². The van der Waals surface area contributed by atoms with Gasteiger partial charge in [-0.05, 0) is 30.4 Å². The van der Waals surface area contributed by atoms with Crippen LogP contribution in [-0.4, -0.2) is 26.0 Å². The van der Waals surface area contributed by atoms with Gasteiger partial charge < -0.3 is 10.2 Å². The summed E-state index contributed by atoms with van der Waals surface area (Å²) in [6, 6.07) is 4.31. The number of benzene rings is 1. The Balaban J connectivity index is 2.54. The van der Waals surface area contributed by atoms with E-state index in [4.69, 9.17) is 23.8 Å². The number of aromatic nitrogens is 2. The predicted octanol–water partition coefficient (Wildman–Crippen LogP) is 2.91. The van der Waals surface area contributed by atoms with Crippen molar-refractivity contribution in [3.05, 3.63) is 56.6 Å². The van der Waals surface area contributed by atoms with Crippen molar-refractivity contribution in [3.8, 4) is 11.6 Å². The number of hydrogen-bond acceptors (Lipinski definition) is 5. The maximum absolute atomic E-state index is 11.9. The quantitative estimate of drug-likeness (QED) is 0.454. The van der Waals surface area contributed by atoms with E-state index < -0.39 is 5.56 Å². The molecule has 0 aliphatic heterocycles. The number of nitrogens with one attached hydrogen (secondary N) is 1. The molecule has 22 heavy (non-hydrogen) atoms. The lowest BCUT2D eigenvalue weighted by atomic mass is 10.3. The summed E-state index contributed by atoms with van der Waals surface area (Å²) in [6.07, 6.45) is 2.66. The highest BCUT2D eigenvalue weighted by Crippen LogP contribution is 2.29. The highest BCUT2D eigenvalue weighted by Gasteiger charge is 2.10. The topological polar surface area (TPSA) is 90.6 Å². The molecule has 8 heteroatoms. The van der Waals surface area contributed by atoms with Gasteiger partial charge in [0, 0.05) is 17.8 Å². The number of allylic oxidation sites excluding steroid dienone is 1. The average molecular weight is 338 g/mol. The fourth-order valence-electron chi connectivity index (χ4n) is 1.72. The number of nitrogens with zero attached hydrogens (tertiary/aromatic N) is 2. The van der Waals surface area contributed by atoms with Crippen molar-refractivity contribution in [1.29, 1.82) is 0 Å². The van der Waals surface area contributed by atoms with Gasteiger partial charge in [0.25, 0.3) is 5.56 Å². The molecule has 0 spiro atoms. The first-order valence-corrected chi connectivity index (χ1v) is 6.92. The van der Waals surface area contributed by atoms with Crippen molar-refractivity contribution >= 4 is 35.7 Å². The van der Waals surface area contributed by atoms with Gasteiger partial charge >= 0.3 is 0 Å². The summed E-state index contributed by atoms with van der Waals surface area (Å²) in [5.41, 5.74) is -0.507. The van der Waals surface area contributed by atoms with E-state index in [1.54, 1.807) is 0 Å². The number of aromatic amines is 1. The number of rotatable bonds is 4. The summed E-state index contributed by atoms with van der Waals surface area (Å²) in [6.45, 7) is 3.78. The minimum atomic E-state index is -0.590. The Morgan fingerprint density at radius 1 is 1.45 bits per heavy atom. The summed E-state index contributed by atoms with van der Waals surface area (Å²) in [4.78, 5) is 18.3. The molecule has 0 saturated heterocycles. The Kier molecular flexibility index (Phi) is 4.79. The summed E-state index contributed by atoms with van der Waals surface area (Å²) >= 11 is 10.8. The molecule has 6 nitrogen and oxygen atoms in total. The lowest BCUT2D eigenvalue weighted by Gasteiger charge is -2.08. The molecule has 114 valence electrons. The lowest BCUT2D eigenvalue weighted by molar-refractivity contribution is 0.413. The summed E-state index contributed by atoms with van der Waals surface area (Å²) in [5.74, 6) is -0.436. The molecule has 0 unspecified atom stereocenters. The van der Waals surface area contributed by atoms with Crippen LogP contribution in [0.25, 0.3) is 0 Å². The van der Waals surface area contributed by atoms with Gasteiger partial charge in [-0.1, -0.05) is 17.7 Å². The van der Waals surface area contributed by atoms with Gasteiger partial charge in [-0.2, -0.15) is 0 Å². The van der Waals surface area contributed by atoms with Crippen LogP contribution in [0.2, 0.25) is 5.02 Å². The first-order valence-electron chi connectivity index (χ1n) is 6.13. The summed E-state index contributed by atoms with van der Waals surface area (Å²) in [5, 5.41) is 20.2. The third kappa shape index (κ3) is 3.26. The molecule has 3 N–H and O–H groups in total. The molecule has 1 aromatic heterocycles. The van der Waals surface area contributed by atoms with Crippen LogP contribution in [-0.2, 0) is 6.54 Å². The van der Waals surface area contributed by atoms with Crippen molar-refractivity contribution in [1.82, 2.24) is 9.55 Å². The van der Waals surface area contributed by atoms with Crippen LogP contribution in [0.15, 0.2) is 40.6 Å². The third-order valence-corrected chi connectivity index (χ3v) is 3.35. The molecule has 2 aromatic rings. The molecule has 0 radical (unpaired) electrons. The van der Waals surface area contributed by atoms with Crippen molar-refractivity contribution in [2.45, 2.75) is 6.54 Å². The second-order valence-electron chi connectivity index (χ2n) is 4.29. The summed E-state index contributed by atoms with van der Waals surface area (Å²) < 4.78 is 1.37. The number of phenolic OH excluding ortho intramolecular Hbond substituents is 1. The minimum Gasteiger partial charge on any atom is -0.506 e. The van der Waals surface area contributed by atoms with Crippen LogP contribution in [0.5, 0.6) is 11.6 Å². The van der Waals surface area contributed by atoms with Gasteiger partial charge in [0.15, 0.2) is 4.77 Å². The first-order chi connectivity index (χ1) is 10.4. The Labute approximate surface area is 135 Å². The van der Waals surface area contributed by atoms with E-state index in [9.17, 15) is 15.0 Å². The van der Waals surface area contributed by atoms with E-state index in [0.717, 1.165) is 6.21 Å². The smallest absolute Gasteiger partial charge is 0.264 e.